The lowest BCUT2D eigenvalue weighted by molar-refractivity contribution is 0.669. The molecule has 282 valence electrons. The summed E-state index contributed by atoms with van der Waals surface area (Å²) in [5, 5.41) is 4.74. The van der Waals surface area contributed by atoms with Crippen LogP contribution >= 0.6 is 0 Å². The SMILES string of the molecule is c1ccc(-c2cc(-c3ccccc3)cc(-c3ccc(N(c4ccc(-c5ccc6ccccc6c5)cc4)c4cccc(-c5ccc6oc7ccccc7c6c5)c4)cc3)c2)cc1. The van der Waals surface area contributed by atoms with E-state index in [1.54, 1.807) is 0 Å². The summed E-state index contributed by atoms with van der Waals surface area (Å²) in [5.41, 5.74) is 16.8. The second-order valence-electron chi connectivity index (χ2n) is 15.4. The summed E-state index contributed by atoms with van der Waals surface area (Å²) < 4.78 is 6.17. The van der Waals surface area contributed by atoms with E-state index in [1.165, 1.54) is 49.7 Å². The summed E-state index contributed by atoms with van der Waals surface area (Å²) in [6, 6.07) is 85.1. The molecule has 0 amide bonds. The van der Waals surface area contributed by atoms with Crippen LogP contribution in [0.5, 0.6) is 0 Å². The van der Waals surface area contributed by atoms with Crippen LogP contribution in [0.4, 0.5) is 17.1 Å². The highest BCUT2D eigenvalue weighted by atomic mass is 16.3. The quantitative estimate of drug-likeness (QED) is 0.153. The molecule has 0 bridgehead atoms. The summed E-state index contributed by atoms with van der Waals surface area (Å²) in [7, 11) is 0. The predicted molar refractivity (Wildman–Crippen MR) is 253 cm³/mol. The Bertz CT molecular complexity index is 3230. The van der Waals surface area contributed by atoms with Crippen LogP contribution in [0, 0.1) is 0 Å². The predicted octanol–water partition coefficient (Wildman–Crippen LogP) is 16.5. The molecule has 1 aromatic heterocycles. The Morgan fingerprint density at radius 1 is 0.233 bits per heavy atom. The Kier molecular flexibility index (Phi) is 8.87. The largest absolute Gasteiger partial charge is 0.456 e. The van der Waals surface area contributed by atoms with Gasteiger partial charge in [0.2, 0.25) is 0 Å². The minimum atomic E-state index is 0.898. The molecule has 0 saturated heterocycles. The second kappa shape index (κ2) is 15.1. The van der Waals surface area contributed by atoms with E-state index < -0.39 is 0 Å². The van der Waals surface area contributed by atoms with Crippen LogP contribution in [0.1, 0.15) is 0 Å². The lowest BCUT2D eigenvalue weighted by Gasteiger charge is -2.26. The Balaban J connectivity index is 1.00. The highest BCUT2D eigenvalue weighted by Gasteiger charge is 2.16. The number of fused-ring (bicyclic) bond motifs is 4. The van der Waals surface area contributed by atoms with E-state index in [1.807, 2.05) is 12.1 Å². The molecular weight excluding hydrogens is 727 g/mol. The third kappa shape index (κ3) is 6.70. The third-order valence-electron chi connectivity index (χ3n) is 11.6. The number of furan rings is 1. The van der Waals surface area contributed by atoms with E-state index in [0.717, 1.165) is 55.7 Å². The molecule has 1 heterocycles. The second-order valence-corrected chi connectivity index (χ2v) is 15.4. The van der Waals surface area contributed by atoms with E-state index in [9.17, 15) is 0 Å². The van der Waals surface area contributed by atoms with Crippen molar-refractivity contribution in [2.45, 2.75) is 0 Å². The number of anilines is 3. The molecule has 2 nitrogen and oxygen atoms in total. The minimum Gasteiger partial charge on any atom is -0.456 e. The molecule has 0 saturated carbocycles. The van der Waals surface area contributed by atoms with Crippen LogP contribution in [-0.2, 0) is 0 Å². The van der Waals surface area contributed by atoms with Gasteiger partial charge in [-0.15, -0.1) is 0 Å². The molecule has 60 heavy (non-hydrogen) atoms. The van der Waals surface area contributed by atoms with Gasteiger partial charge in [-0.25, -0.2) is 0 Å². The monoisotopic (exact) mass is 765 g/mol. The summed E-state index contributed by atoms with van der Waals surface area (Å²) in [5.74, 6) is 0. The van der Waals surface area contributed by atoms with Crippen molar-refractivity contribution in [3.05, 3.63) is 237 Å². The first-order valence-corrected chi connectivity index (χ1v) is 20.5. The van der Waals surface area contributed by atoms with Gasteiger partial charge in [0.25, 0.3) is 0 Å². The van der Waals surface area contributed by atoms with Crippen molar-refractivity contribution >= 4 is 49.8 Å². The molecule has 0 N–H and O–H groups in total. The highest BCUT2D eigenvalue weighted by molar-refractivity contribution is 6.06. The fourth-order valence-electron chi connectivity index (χ4n) is 8.54. The van der Waals surface area contributed by atoms with E-state index in [-0.39, 0.29) is 0 Å². The first kappa shape index (κ1) is 35.2. The maximum Gasteiger partial charge on any atom is 0.135 e. The van der Waals surface area contributed by atoms with Gasteiger partial charge >= 0.3 is 0 Å². The van der Waals surface area contributed by atoms with Crippen LogP contribution in [0.15, 0.2) is 241 Å². The van der Waals surface area contributed by atoms with Gasteiger partial charge in [-0.2, -0.15) is 0 Å². The van der Waals surface area contributed by atoms with Gasteiger partial charge < -0.3 is 9.32 Å². The molecule has 0 aliphatic rings. The van der Waals surface area contributed by atoms with Gasteiger partial charge in [-0.1, -0.05) is 158 Å². The number of para-hydroxylation sites is 1. The molecule has 0 aliphatic heterocycles. The van der Waals surface area contributed by atoms with Gasteiger partial charge in [-0.3, -0.25) is 0 Å². The standard InChI is InChI=1S/C58H39NO/c1-3-12-40(13-4-1)49-35-50(41-14-5-2-6-15-41)37-51(36-49)44-26-31-53(32-27-44)59(52-29-24-43(25-30-52)47-23-22-42-16-7-8-17-45(42)34-47)54-19-11-18-46(38-54)48-28-33-58-56(39-48)55-20-9-10-21-57(55)60-58/h1-39H. The van der Waals surface area contributed by atoms with Gasteiger partial charge in [0, 0.05) is 27.8 Å². The zero-order valence-electron chi connectivity index (χ0n) is 32.9. The number of hydrogen-bond donors (Lipinski definition) is 0. The highest BCUT2D eigenvalue weighted by Crippen LogP contribution is 2.41. The lowest BCUT2D eigenvalue weighted by atomic mass is 9.93. The van der Waals surface area contributed by atoms with Crippen molar-refractivity contribution in [2.24, 2.45) is 0 Å². The van der Waals surface area contributed by atoms with Crippen LogP contribution < -0.4 is 4.90 Å². The first-order valence-electron chi connectivity index (χ1n) is 20.5. The summed E-state index contributed by atoms with van der Waals surface area (Å²) in [6.45, 7) is 0. The summed E-state index contributed by atoms with van der Waals surface area (Å²) in [4.78, 5) is 2.36. The Morgan fingerprint density at radius 3 is 1.37 bits per heavy atom. The van der Waals surface area contributed by atoms with Crippen molar-refractivity contribution in [3.63, 3.8) is 0 Å². The number of benzene rings is 10. The fraction of sp³-hybridized carbons (Fsp3) is 0. The van der Waals surface area contributed by atoms with Crippen molar-refractivity contribution in [1.82, 2.24) is 0 Å². The van der Waals surface area contributed by atoms with Crippen molar-refractivity contribution in [2.75, 3.05) is 4.90 Å². The molecular formula is C58H39NO. The van der Waals surface area contributed by atoms with E-state index >= 15 is 0 Å². The summed E-state index contributed by atoms with van der Waals surface area (Å²) in [6.07, 6.45) is 0. The molecule has 2 heteroatoms. The molecule has 0 aliphatic carbocycles. The lowest BCUT2D eigenvalue weighted by Crippen LogP contribution is -2.10. The van der Waals surface area contributed by atoms with Crippen LogP contribution in [0.3, 0.4) is 0 Å². The Hall–Kier alpha value is -7.94. The topological polar surface area (TPSA) is 16.4 Å². The van der Waals surface area contributed by atoms with Gasteiger partial charge in [-0.05, 0) is 145 Å². The van der Waals surface area contributed by atoms with Crippen molar-refractivity contribution in [3.8, 4) is 55.6 Å². The minimum absolute atomic E-state index is 0.898. The van der Waals surface area contributed by atoms with E-state index in [2.05, 4.69) is 229 Å². The molecule has 0 atom stereocenters. The van der Waals surface area contributed by atoms with Crippen molar-refractivity contribution < 1.29 is 4.42 Å². The van der Waals surface area contributed by atoms with Crippen LogP contribution in [0.2, 0.25) is 0 Å². The van der Waals surface area contributed by atoms with Crippen molar-refractivity contribution in [1.29, 1.82) is 0 Å². The average Bonchev–Trinajstić information content (AvgIpc) is 3.70. The molecule has 11 aromatic rings. The Morgan fingerprint density at radius 2 is 0.700 bits per heavy atom. The normalized spacial score (nSPS) is 11.3. The maximum absolute atomic E-state index is 6.17. The molecule has 0 unspecified atom stereocenters. The first-order chi connectivity index (χ1) is 29.7. The molecule has 0 spiro atoms. The number of rotatable bonds is 8. The molecule has 0 radical (unpaired) electrons. The fourth-order valence-corrected chi connectivity index (χ4v) is 8.54. The Labute approximate surface area is 349 Å². The van der Waals surface area contributed by atoms with Crippen LogP contribution in [-0.4, -0.2) is 0 Å². The zero-order chi connectivity index (χ0) is 39.8. The molecule has 0 fully saturated rings. The zero-order valence-corrected chi connectivity index (χ0v) is 32.9. The van der Waals surface area contributed by atoms with E-state index in [0.29, 0.717) is 0 Å². The maximum atomic E-state index is 6.17. The number of nitrogens with zero attached hydrogens (tertiary/aromatic N) is 1. The van der Waals surface area contributed by atoms with Gasteiger partial charge in [0.15, 0.2) is 0 Å². The smallest absolute Gasteiger partial charge is 0.135 e. The molecule has 11 rings (SSSR count). The molecule has 10 aromatic carbocycles. The third-order valence-corrected chi connectivity index (χ3v) is 11.6. The summed E-state index contributed by atoms with van der Waals surface area (Å²) >= 11 is 0. The van der Waals surface area contributed by atoms with Gasteiger partial charge in [0.05, 0.1) is 0 Å². The van der Waals surface area contributed by atoms with Crippen LogP contribution in [0.25, 0.3) is 88.3 Å². The van der Waals surface area contributed by atoms with Gasteiger partial charge in [0.1, 0.15) is 11.2 Å². The average molecular weight is 766 g/mol. The van der Waals surface area contributed by atoms with E-state index in [4.69, 9.17) is 4.42 Å². The number of hydrogen-bond acceptors (Lipinski definition) is 2.